The lowest BCUT2D eigenvalue weighted by Gasteiger charge is -2.15. The SMILES string of the molecule is Cc1ccc(-c2cc(NC(=O)COC(=O)CN(C)c3ncccn3)n(-c3ccccc3)n2)cc1. The number of aryl methyl sites for hydroxylation is 1. The molecule has 0 radical (unpaired) electrons. The number of aromatic nitrogens is 4. The van der Waals surface area contributed by atoms with E-state index in [1.807, 2.05) is 61.5 Å². The summed E-state index contributed by atoms with van der Waals surface area (Å²) in [6.45, 7) is 1.50. The maximum Gasteiger partial charge on any atom is 0.326 e. The van der Waals surface area contributed by atoms with E-state index in [2.05, 4.69) is 20.4 Å². The molecular formula is C25H24N6O3. The van der Waals surface area contributed by atoms with Crippen LogP contribution in [0.15, 0.2) is 79.1 Å². The van der Waals surface area contributed by atoms with Gasteiger partial charge in [0.1, 0.15) is 12.4 Å². The highest BCUT2D eigenvalue weighted by atomic mass is 16.5. The second-order valence-electron chi connectivity index (χ2n) is 7.64. The molecule has 9 nitrogen and oxygen atoms in total. The summed E-state index contributed by atoms with van der Waals surface area (Å²) in [5, 5.41) is 7.47. The first kappa shape index (κ1) is 22.7. The summed E-state index contributed by atoms with van der Waals surface area (Å²) in [4.78, 5) is 34.4. The van der Waals surface area contributed by atoms with Gasteiger partial charge in [0.15, 0.2) is 6.61 Å². The molecule has 0 bridgehead atoms. The fourth-order valence-electron chi connectivity index (χ4n) is 3.22. The Balaban J connectivity index is 1.44. The third-order valence-electron chi connectivity index (χ3n) is 4.95. The van der Waals surface area contributed by atoms with Crippen molar-refractivity contribution >= 4 is 23.6 Å². The van der Waals surface area contributed by atoms with Crippen molar-refractivity contribution in [3.05, 3.63) is 84.7 Å². The summed E-state index contributed by atoms with van der Waals surface area (Å²) in [5.74, 6) is -0.182. The van der Waals surface area contributed by atoms with Crippen LogP contribution in [0.4, 0.5) is 11.8 Å². The van der Waals surface area contributed by atoms with Crippen molar-refractivity contribution in [2.75, 3.05) is 30.4 Å². The molecule has 0 aliphatic carbocycles. The molecule has 1 amide bonds. The fourth-order valence-corrected chi connectivity index (χ4v) is 3.22. The molecule has 4 aromatic rings. The topological polar surface area (TPSA) is 102 Å². The van der Waals surface area contributed by atoms with Gasteiger partial charge in [-0.1, -0.05) is 48.0 Å². The van der Waals surface area contributed by atoms with E-state index in [1.165, 1.54) is 0 Å². The molecule has 0 aliphatic rings. The van der Waals surface area contributed by atoms with Crippen LogP contribution in [0.25, 0.3) is 16.9 Å². The summed E-state index contributed by atoms with van der Waals surface area (Å²) in [6, 6.07) is 20.9. The number of ether oxygens (including phenoxy) is 1. The van der Waals surface area contributed by atoms with Gasteiger partial charge >= 0.3 is 5.97 Å². The third-order valence-corrected chi connectivity index (χ3v) is 4.95. The minimum absolute atomic E-state index is 0.0865. The zero-order chi connectivity index (χ0) is 23.9. The van der Waals surface area contributed by atoms with Crippen LogP contribution in [0.3, 0.4) is 0 Å². The van der Waals surface area contributed by atoms with Gasteiger partial charge in [0, 0.05) is 31.1 Å². The lowest BCUT2D eigenvalue weighted by atomic mass is 10.1. The first-order valence-electron chi connectivity index (χ1n) is 10.7. The Hall–Kier alpha value is -4.53. The summed E-state index contributed by atoms with van der Waals surface area (Å²) in [5.41, 5.74) is 3.57. The molecule has 34 heavy (non-hydrogen) atoms. The molecule has 0 unspecified atom stereocenters. The van der Waals surface area contributed by atoms with Crippen LogP contribution in [-0.4, -0.2) is 51.8 Å². The number of rotatable bonds is 8. The van der Waals surface area contributed by atoms with Gasteiger partial charge in [-0.3, -0.25) is 9.59 Å². The molecule has 0 fully saturated rings. The molecule has 2 aromatic heterocycles. The Morgan fingerprint density at radius 3 is 2.41 bits per heavy atom. The number of para-hydroxylation sites is 1. The Morgan fingerprint density at radius 2 is 1.71 bits per heavy atom. The zero-order valence-electron chi connectivity index (χ0n) is 18.9. The highest BCUT2D eigenvalue weighted by Gasteiger charge is 2.16. The van der Waals surface area contributed by atoms with Crippen LogP contribution in [0.1, 0.15) is 5.56 Å². The van der Waals surface area contributed by atoms with Crippen LogP contribution in [-0.2, 0) is 14.3 Å². The van der Waals surface area contributed by atoms with E-state index in [0.29, 0.717) is 17.5 Å². The lowest BCUT2D eigenvalue weighted by molar-refractivity contribution is -0.145. The molecule has 0 saturated heterocycles. The number of amides is 1. The average molecular weight is 457 g/mol. The summed E-state index contributed by atoms with van der Waals surface area (Å²) in [7, 11) is 1.67. The van der Waals surface area contributed by atoms with Crippen LogP contribution in [0.2, 0.25) is 0 Å². The van der Waals surface area contributed by atoms with Crippen molar-refractivity contribution in [1.82, 2.24) is 19.7 Å². The molecule has 0 atom stereocenters. The summed E-state index contributed by atoms with van der Waals surface area (Å²) in [6.07, 6.45) is 3.16. The van der Waals surface area contributed by atoms with Gasteiger partial charge < -0.3 is 15.0 Å². The summed E-state index contributed by atoms with van der Waals surface area (Å²) < 4.78 is 6.79. The monoisotopic (exact) mass is 456 g/mol. The molecule has 9 heteroatoms. The predicted octanol–water partition coefficient (Wildman–Crippen LogP) is 3.26. The average Bonchev–Trinajstić information content (AvgIpc) is 3.28. The maximum atomic E-state index is 12.6. The Bertz CT molecular complexity index is 1260. The van der Waals surface area contributed by atoms with Gasteiger partial charge in [0.2, 0.25) is 5.95 Å². The first-order valence-corrected chi connectivity index (χ1v) is 10.7. The van der Waals surface area contributed by atoms with Crippen molar-refractivity contribution < 1.29 is 14.3 Å². The smallest absolute Gasteiger partial charge is 0.326 e. The number of esters is 1. The van der Waals surface area contributed by atoms with Crippen molar-refractivity contribution in [2.45, 2.75) is 6.92 Å². The van der Waals surface area contributed by atoms with Gasteiger partial charge in [0.25, 0.3) is 5.91 Å². The number of anilines is 2. The van der Waals surface area contributed by atoms with Crippen molar-refractivity contribution in [3.8, 4) is 16.9 Å². The number of hydrogen-bond donors (Lipinski definition) is 1. The lowest BCUT2D eigenvalue weighted by Crippen LogP contribution is -2.30. The number of likely N-dealkylation sites (N-methyl/N-ethyl adjacent to an activating group) is 1. The largest absolute Gasteiger partial charge is 0.454 e. The number of nitrogens with one attached hydrogen (secondary N) is 1. The third kappa shape index (κ3) is 5.63. The molecule has 1 N–H and O–H groups in total. The molecular weight excluding hydrogens is 432 g/mol. The standard InChI is InChI=1S/C25H24N6O3/c1-18-9-11-19(12-10-18)21-15-22(31(29-21)20-7-4-3-5-8-20)28-23(32)17-34-24(33)16-30(2)25-26-13-6-14-27-25/h3-15H,16-17H2,1-2H3,(H,28,32). The van der Waals surface area contributed by atoms with Crippen molar-refractivity contribution in [1.29, 1.82) is 0 Å². The van der Waals surface area contributed by atoms with E-state index in [4.69, 9.17) is 4.74 Å². The number of nitrogens with zero attached hydrogens (tertiary/aromatic N) is 5. The van der Waals surface area contributed by atoms with E-state index in [1.54, 1.807) is 41.2 Å². The van der Waals surface area contributed by atoms with E-state index < -0.39 is 18.5 Å². The molecule has 2 heterocycles. The van der Waals surface area contributed by atoms with Gasteiger partial charge in [-0.2, -0.15) is 5.10 Å². The van der Waals surface area contributed by atoms with Crippen LogP contribution >= 0.6 is 0 Å². The number of carbonyl (C=O) groups is 2. The molecule has 172 valence electrons. The quantitative estimate of drug-likeness (QED) is 0.406. The molecule has 0 spiro atoms. The normalized spacial score (nSPS) is 10.5. The van der Waals surface area contributed by atoms with Gasteiger partial charge in [-0.15, -0.1) is 0 Å². The van der Waals surface area contributed by atoms with Gasteiger partial charge in [0.05, 0.1) is 11.4 Å². The number of benzene rings is 2. The second-order valence-corrected chi connectivity index (χ2v) is 7.64. The van der Waals surface area contributed by atoms with Crippen molar-refractivity contribution in [2.24, 2.45) is 0 Å². The van der Waals surface area contributed by atoms with Gasteiger partial charge in [-0.05, 0) is 25.1 Å². The van der Waals surface area contributed by atoms with Crippen molar-refractivity contribution in [3.63, 3.8) is 0 Å². The molecule has 2 aromatic carbocycles. The van der Waals surface area contributed by atoms with Crippen LogP contribution < -0.4 is 10.2 Å². The van der Waals surface area contributed by atoms with E-state index in [0.717, 1.165) is 16.8 Å². The fraction of sp³-hybridized carbons (Fsp3) is 0.160. The van der Waals surface area contributed by atoms with E-state index >= 15 is 0 Å². The van der Waals surface area contributed by atoms with E-state index in [-0.39, 0.29) is 6.54 Å². The number of carbonyl (C=O) groups excluding carboxylic acids is 2. The zero-order valence-corrected chi connectivity index (χ0v) is 18.9. The predicted molar refractivity (Wildman–Crippen MR) is 129 cm³/mol. The van der Waals surface area contributed by atoms with Crippen LogP contribution in [0.5, 0.6) is 0 Å². The maximum absolute atomic E-state index is 12.6. The molecule has 0 saturated carbocycles. The number of hydrogen-bond acceptors (Lipinski definition) is 7. The minimum Gasteiger partial charge on any atom is -0.454 e. The Morgan fingerprint density at radius 1 is 1.00 bits per heavy atom. The van der Waals surface area contributed by atoms with E-state index in [9.17, 15) is 9.59 Å². The molecule has 0 aliphatic heterocycles. The molecule has 4 rings (SSSR count). The van der Waals surface area contributed by atoms with Gasteiger partial charge in [-0.25, -0.2) is 14.6 Å². The summed E-state index contributed by atoms with van der Waals surface area (Å²) >= 11 is 0. The second kappa shape index (κ2) is 10.4. The van der Waals surface area contributed by atoms with Crippen LogP contribution in [0, 0.1) is 6.92 Å². The first-order chi connectivity index (χ1) is 16.5. The Labute approximate surface area is 197 Å². The minimum atomic E-state index is -0.568. The highest BCUT2D eigenvalue weighted by molar-refractivity contribution is 5.93. The highest BCUT2D eigenvalue weighted by Crippen LogP contribution is 2.25. The Kier molecular flexibility index (Phi) is 6.92.